The molecule has 112 valence electrons. The van der Waals surface area contributed by atoms with Gasteiger partial charge in [-0.2, -0.15) is 0 Å². The number of benzene rings is 1. The number of ether oxygens (including phenoxy) is 1. The predicted molar refractivity (Wildman–Crippen MR) is 83.5 cm³/mol. The number of thioether (sulfide) groups is 1. The summed E-state index contributed by atoms with van der Waals surface area (Å²) in [6.45, 7) is 8.81. The zero-order valence-electron chi connectivity index (χ0n) is 12.7. The average molecular weight is 296 g/mol. The van der Waals surface area contributed by atoms with E-state index in [4.69, 9.17) is 9.84 Å². The SMILES string of the molecule is CCOC(CCSc1ccc(C(C)(C)C)cc1)C(=O)O. The van der Waals surface area contributed by atoms with E-state index in [0.717, 1.165) is 5.75 Å². The molecule has 0 aliphatic heterocycles. The van der Waals surface area contributed by atoms with Gasteiger partial charge in [0.05, 0.1) is 0 Å². The van der Waals surface area contributed by atoms with Gasteiger partial charge in [-0.3, -0.25) is 0 Å². The molecule has 1 N–H and O–H groups in total. The van der Waals surface area contributed by atoms with Gasteiger partial charge in [0.15, 0.2) is 6.10 Å². The van der Waals surface area contributed by atoms with Crippen LogP contribution in [0.4, 0.5) is 0 Å². The van der Waals surface area contributed by atoms with E-state index >= 15 is 0 Å². The van der Waals surface area contributed by atoms with Gasteiger partial charge in [0.2, 0.25) is 0 Å². The lowest BCUT2D eigenvalue weighted by Gasteiger charge is -2.19. The monoisotopic (exact) mass is 296 g/mol. The largest absolute Gasteiger partial charge is 0.479 e. The van der Waals surface area contributed by atoms with Crippen molar-refractivity contribution < 1.29 is 14.6 Å². The third kappa shape index (κ3) is 5.55. The molecule has 20 heavy (non-hydrogen) atoms. The maximum atomic E-state index is 11.0. The molecule has 0 saturated heterocycles. The quantitative estimate of drug-likeness (QED) is 0.774. The highest BCUT2D eigenvalue weighted by Gasteiger charge is 2.17. The maximum Gasteiger partial charge on any atom is 0.332 e. The smallest absolute Gasteiger partial charge is 0.332 e. The molecule has 0 saturated carbocycles. The van der Waals surface area contributed by atoms with Crippen LogP contribution in [0.15, 0.2) is 29.2 Å². The summed E-state index contributed by atoms with van der Waals surface area (Å²) >= 11 is 1.67. The molecule has 1 aromatic rings. The number of carbonyl (C=O) groups is 1. The summed E-state index contributed by atoms with van der Waals surface area (Å²) in [5.41, 5.74) is 1.46. The lowest BCUT2D eigenvalue weighted by molar-refractivity contribution is -0.150. The number of hydrogen-bond donors (Lipinski definition) is 1. The van der Waals surface area contributed by atoms with Crippen molar-refractivity contribution >= 4 is 17.7 Å². The highest BCUT2D eigenvalue weighted by Crippen LogP contribution is 2.26. The molecule has 0 aliphatic rings. The van der Waals surface area contributed by atoms with Crippen molar-refractivity contribution in [2.24, 2.45) is 0 Å². The van der Waals surface area contributed by atoms with Crippen molar-refractivity contribution in [3.8, 4) is 0 Å². The molecule has 0 amide bonds. The van der Waals surface area contributed by atoms with Crippen LogP contribution in [0.2, 0.25) is 0 Å². The number of carboxylic acids is 1. The lowest BCUT2D eigenvalue weighted by atomic mass is 9.87. The molecule has 0 aromatic heterocycles. The van der Waals surface area contributed by atoms with Crippen molar-refractivity contribution in [3.63, 3.8) is 0 Å². The Labute approximate surface area is 125 Å². The second-order valence-electron chi connectivity index (χ2n) is 5.69. The second-order valence-corrected chi connectivity index (χ2v) is 6.86. The van der Waals surface area contributed by atoms with E-state index in [1.54, 1.807) is 11.8 Å². The van der Waals surface area contributed by atoms with Crippen molar-refractivity contribution in [3.05, 3.63) is 29.8 Å². The Morgan fingerprint density at radius 2 is 1.90 bits per heavy atom. The summed E-state index contributed by atoms with van der Waals surface area (Å²) in [4.78, 5) is 12.1. The van der Waals surface area contributed by atoms with Gasteiger partial charge in [-0.05, 0) is 36.5 Å². The summed E-state index contributed by atoms with van der Waals surface area (Å²) in [5.74, 6) is -0.137. The fraction of sp³-hybridized carbons (Fsp3) is 0.562. The van der Waals surface area contributed by atoms with Crippen molar-refractivity contribution in [2.45, 2.75) is 50.5 Å². The van der Waals surface area contributed by atoms with Crippen LogP contribution in [0.5, 0.6) is 0 Å². The molecule has 1 aromatic carbocycles. The molecule has 0 heterocycles. The standard InChI is InChI=1S/C16H24O3S/c1-5-19-14(15(17)18)10-11-20-13-8-6-12(7-9-13)16(2,3)4/h6-9,14H,5,10-11H2,1-4H3,(H,17,18). The summed E-state index contributed by atoms with van der Waals surface area (Å²) in [7, 11) is 0. The first kappa shape index (κ1) is 17.1. The molecule has 0 fully saturated rings. The van der Waals surface area contributed by atoms with E-state index in [-0.39, 0.29) is 5.41 Å². The van der Waals surface area contributed by atoms with E-state index in [0.29, 0.717) is 13.0 Å². The van der Waals surface area contributed by atoms with Gasteiger partial charge < -0.3 is 9.84 Å². The Balaban J connectivity index is 2.48. The van der Waals surface area contributed by atoms with E-state index in [1.807, 2.05) is 6.92 Å². The minimum Gasteiger partial charge on any atom is -0.479 e. The Hall–Kier alpha value is -1.00. The number of hydrogen-bond acceptors (Lipinski definition) is 3. The molecular formula is C16H24O3S. The first-order valence-electron chi connectivity index (χ1n) is 6.92. The Morgan fingerprint density at radius 1 is 1.30 bits per heavy atom. The topological polar surface area (TPSA) is 46.5 Å². The van der Waals surface area contributed by atoms with Crippen molar-refractivity contribution in [1.82, 2.24) is 0 Å². The summed E-state index contributed by atoms with van der Waals surface area (Å²) < 4.78 is 5.19. The molecular weight excluding hydrogens is 272 g/mol. The first-order valence-corrected chi connectivity index (χ1v) is 7.91. The Kier molecular flexibility index (Phi) is 6.56. The number of carboxylic acid groups (broad SMARTS) is 1. The normalized spacial score (nSPS) is 13.2. The van der Waals surface area contributed by atoms with Gasteiger partial charge in [-0.15, -0.1) is 11.8 Å². The van der Waals surface area contributed by atoms with Gasteiger partial charge in [-0.25, -0.2) is 4.79 Å². The van der Waals surface area contributed by atoms with Crippen LogP contribution in [0.3, 0.4) is 0 Å². The van der Waals surface area contributed by atoms with Gasteiger partial charge in [0.25, 0.3) is 0 Å². The molecule has 4 heteroatoms. The molecule has 0 bridgehead atoms. The van der Waals surface area contributed by atoms with E-state index in [9.17, 15) is 4.79 Å². The van der Waals surface area contributed by atoms with Gasteiger partial charge >= 0.3 is 5.97 Å². The lowest BCUT2D eigenvalue weighted by Crippen LogP contribution is -2.24. The van der Waals surface area contributed by atoms with Crippen LogP contribution in [-0.2, 0) is 14.9 Å². The minimum absolute atomic E-state index is 0.159. The zero-order chi connectivity index (χ0) is 15.2. The van der Waals surface area contributed by atoms with Crippen LogP contribution in [0.25, 0.3) is 0 Å². The predicted octanol–water partition coefficient (Wildman–Crippen LogP) is 3.96. The first-order chi connectivity index (χ1) is 9.34. The zero-order valence-corrected chi connectivity index (χ0v) is 13.5. The van der Waals surface area contributed by atoms with Gasteiger partial charge in [0.1, 0.15) is 0 Å². The second kappa shape index (κ2) is 7.70. The van der Waals surface area contributed by atoms with Gasteiger partial charge in [0, 0.05) is 17.3 Å². The Morgan fingerprint density at radius 3 is 2.35 bits per heavy atom. The summed E-state index contributed by atoms with van der Waals surface area (Å²) in [5, 5.41) is 8.99. The summed E-state index contributed by atoms with van der Waals surface area (Å²) in [6.07, 6.45) is -0.171. The maximum absolute atomic E-state index is 11.0. The highest BCUT2D eigenvalue weighted by molar-refractivity contribution is 7.99. The van der Waals surface area contributed by atoms with Crippen LogP contribution in [-0.4, -0.2) is 29.5 Å². The fourth-order valence-corrected chi connectivity index (χ4v) is 2.71. The van der Waals surface area contributed by atoms with Crippen molar-refractivity contribution in [1.29, 1.82) is 0 Å². The van der Waals surface area contributed by atoms with E-state index in [1.165, 1.54) is 10.5 Å². The number of aliphatic carboxylic acids is 1. The van der Waals surface area contributed by atoms with Crippen LogP contribution >= 0.6 is 11.8 Å². The Bertz CT molecular complexity index is 420. The van der Waals surface area contributed by atoms with Gasteiger partial charge in [-0.1, -0.05) is 32.9 Å². The summed E-state index contributed by atoms with van der Waals surface area (Å²) in [6, 6.07) is 8.47. The fourth-order valence-electron chi connectivity index (χ4n) is 1.81. The third-order valence-electron chi connectivity index (χ3n) is 3.01. The third-order valence-corrected chi connectivity index (χ3v) is 4.06. The molecule has 0 spiro atoms. The van der Waals surface area contributed by atoms with Crippen LogP contribution in [0.1, 0.15) is 39.7 Å². The number of rotatable bonds is 7. The molecule has 1 atom stereocenters. The van der Waals surface area contributed by atoms with Crippen molar-refractivity contribution in [2.75, 3.05) is 12.4 Å². The highest BCUT2D eigenvalue weighted by atomic mass is 32.2. The van der Waals surface area contributed by atoms with Crippen LogP contribution < -0.4 is 0 Å². The van der Waals surface area contributed by atoms with E-state index in [2.05, 4.69) is 45.0 Å². The molecule has 1 rings (SSSR count). The molecule has 1 unspecified atom stereocenters. The molecule has 0 radical (unpaired) electrons. The van der Waals surface area contributed by atoms with E-state index < -0.39 is 12.1 Å². The molecule has 3 nitrogen and oxygen atoms in total. The minimum atomic E-state index is -0.879. The van der Waals surface area contributed by atoms with Crippen LogP contribution in [0, 0.1) is 0 Å². The molecule has 0 aliphatic carbocycles. The average Bonchev–Trinajstić information content (AvgIpc) is 2.37.